The predicted octanol–water partition coefficient (Wildman–Crippen LogP) is 1.43. The van der Waals surface area contributed by atoms with Gasteiger partial charge < -0.3 is 5.32 Å². The summed E-state index contributed by atoms with van der Waals surface area (Å²) in [6, 6.07) is 8.95. The Kier molecular flexibility index (Phi) is 11.3. The van der Waals surface area contributed by atoms with Gasteiger partial charge in [0.1, 0.15) is 6.17 Å². The highest BCUT2D eigenvalue weighted by Crippen LogP contribution is 2.19. The van der Waals surface area contributed by atoms with Crippen LogP contribution in [0.4, 0.5) is 0 Å². The Morgan fingerprint density at radius 2 is 1.76 bits per heavy atom. The summed E-state index contributed by atoms with van der Waals surface area (Å²) in [5, 5.41) is 15.2. The molecule has 0 aliphatic carbocycles. The van der Waals surface area contributed by atoms with Crippen molar-refractivity contribution in [2.24, 2.45) is 9.98 Å². The molecule has 1 unspecified atom stereocenters. The molecule has 0 radical (unpaired) electrons. The van der Waals surface area contributed by atoms with Crippen LogP contribution in [0, 0.1) is 0 Å². The Bertz CT molecular complexity index is 597. The summed E-state index contributed by atoms with van der Waals surface area (Å²) in [7, 11) is 3.81. The maximum Gasteiger partial charge on any atom is 0.285 e. The third-order valence-electron chi connectivity index (χ3n) is 3.22. The van der Waals surface area contributed by atoms with E-state index in [9.17, 15) is 9.59 Å². The minimum Gasteiger partial charge on any atom is -0.320 e. The van der Waals surface area contributed by atoms with Crippen LogP contribution < -0.4 is 10.6 Å². The molecule has 2 amide bonds. The number of rotatable bonds is 6. The first-order valence-corrected chi connectivity index (χ1v) is 7.66. The van der Waals surface area contributed by atoms with E-state index in [1.165, 1.54) is 12.1 Å². The van der Waals surface area contributed by atoms with Gasteiger partial charge in [0.25, 0.3) is 11.8 Å². The molecule has 9 heteroatoms. The summed E-state index contributed by atoms with van der Waals surface area (Å²) >= 11 is 0. The highest BCUT2D eigenvalue weighted by Gasteiger charge is 2.33. The van der Waals surface area contributed by atoms with Gasteiger partial charge in [-0.05, 0) is 46.1 Å². The van der Waals surface area contributed by atoms with E-state index in [1.807, 2.05) is 21.0 Å². The van der Waals surface area contributed by atoms with Crippen LogP contribution in [-0.4, -0.2) is 61.4 Å². The molecular formula is C16H24ClN5O3. The van der Waals surface area contributed by atoms with Gasteiger partial charge in [0.2, 0.25) is 0 Å². The lowest BCUT2D eigenvalue weighted by atomic mass is 10.1. The molecule has 0 saturated carbocycles. The Balaban J connectivity index is 0.000000443. The maximum absolute atomic E-state index is 11.1. The minimum absolute atomic E-state index is 0. The van der Waals surface area contributed by atoms with E-state index in [4.69, 9.17) is 5.21 Å². The standard InChI is InChI=1S/C8H18N4.C8H5NO3.ClH/c1-4-11-7-12-8(10-3)5-6-9-2;10-7-5-3-1-2-4-6(5)8(11)9(7)12;/h8-10H,4-6H2,1-3H3;1-4,12H;1H. The molecule has 0 saturated heterocycles. The fourth-order valence-corrected chi connectivity index (χ4v) is 1.91. The molecule has 1 aromatic carbocycles. The van der Waals surface area contributed by atoms with Crippen molar-refractivity contribution in [3.63, 3.8) is 0 Å². The lowest BCUT2D eigenvalue weighted by Gasteiger charge is -2.07. The molecule has 0 spiro atoms. The molecule has 1 aromatic rings. The van der Waals surface area contributed by atoms with Crippen molar-refractivity contribution in [3.05, 3.63) is 35.4 Å². The number of hydrogen-bond donors (Lipinski definition) is 3. The molecule has 8 nitrogen and oxygen atoms in total. The molecule has 2 rings (SSSR count). The van der Waals surface area contributed by atoms with E-state index in [1.54, 1.807) is 12.1 Å². The van der Waals surface area contributed by atoms with Gasteiger partial charge in [0.15, 0.2) is 0 Å². The Hall–Kier alpha value is -2.09. The third-order valence-corrected chi connectivity index (χ3v) is 3.22. The number of hydroxylamine groups is 2. The highest BCUT2D eigenvalue weighted by molar-refractivity contribution is 6.20. The number of halogens is 1. The van der Waals surface area contributed by atoms with Gasteiger partial charge in [-0.15, -0.1) is 17.5 Å². The van der Waals surface area contributed by atoms with Crippen molar-refractivity contribution in [1.82, 2.24) is 15.7 Å². The van der Waals surface area contributed by atoms with Crippen molar-refractivity contribution in [2.75, 3.05) is 27.2 Å². The second-order valence-electron chi connectivity index (χ2n) is 4.87. The predicted molar refractivity (Wildman–Crippen MR) is 97.8 cm³/mol. The molecule has 1 heterocycles. The van der Waals surface area contributed by atoms with Crippen LogP contribution in [-0.2, 0) is 0 Å². The number of amides is 2. The summed E-state index contributed by atoms with van der Waals surface area (Å²) < 4.78 is 0. The molecule has 0 bridgehead atoms. The number of carbonyl (C=O) groups is 2. The second kappa shape index (κ2) is 12.3. The number of benzene rings is 1. The van der Waals surface area contributed by atoms with Crippen molar-refractivity contribution in [3.8, 4) is 0 Å². The summed E-state index contributed by atoms with van der Waals surface area (Å²) in [6.45, 7) is 3.65. The zero-order valence-electron chi connectivity index (χ0n) is 14.5. The maximum atomic E-state index is 11.1. The number of aliphatic imine (C=N–C) groups is 2. The van der Waals surface area contributed by atoms with Crippen LogP contribution in [0.25, 0.3) is 0 Å². The molecule has 1 aliphatic heterocycles. The molecule has 0 fully saturated rings. The lowest BCUT2D eigenvalue weighted by molar-refractivity contribution is -0.0327. The molecular weight excluding hydrogens is 346 g/mol. The average molecular weight is 370 g/mol. The van der Waals surface area contributed by atoms with Gasteiger partial charge >= 0.3 is 0 Å². The normalized spacial score (nSPS) is 13.0. The van der Waals surface area contributed by atoms with Crippen molar-refractivity contribution in [1.29, 1.82) is 0 Å². The molecule has 25 heavy (non-hydrogen) atoms. The first kappa shape index (κ1) is 22.9. The van der Waals surface area contributed by atoms with Crippen LogP contribution in [0.15, 0.2) is 34.3 Å². The van der Waals surface area contributed by atoms with E-state index >= 15 is 0 Å². The molecule has 1 aliphatic rings. The fourth-order valence-electron chi connectivity index (χ4n) is 1.91. The first-order chi connectivity index (χ1) is 11.6. The van der Waals surface area contributed by atoms with Crippen LogP contribution in [0.3, 0.4) is 0 Å². The van der Waals surface area contributed by atoms with Crippen molar-refractivity contribution < 1.29 is 14.8 Å². The van der Waals surface area contributed by atoms with Gasteiger partial charge in [0, 0.05) is 6.54 Å². The molecule has 1 atom stereocenters. The number of nitrogens with zero attached hydrogens (tertiary/aromatic N) is 3. The van der Waals surface area contributed by atoms with E-state index in [0.717, 1.165) is 19.5 Å². The molecule has 3 N–H and O–H groups in total. The van der Waals surface area contributed by atoms with Gasteiger partial charge in [-0.3, -0.25) is 20.1 Å². The fraction of sp³-hybridized carbons (Fsp3) is 0.438. The molecule has 0 aromatic heterocycles. The van der Waals surface area contributed by atoms with E-state index in [2.05, 4.69) is 26.6 Å². The Morgan fingerprint density at radius 3 is 2.20 bits per heavy atom. The summed E-state index contributed by atoms with van der Waals surface area (Å²) in [6.07, 6.45) is 1.09. The third kappa shape index (κ3) is 6.74. The number of nitrogens with one attached hydrogen (secondary N) is 2. The average Bonchev–Trinajstić information content (AvgIpc) is 2.83. The smallest absolute Gasteiger partial charge is 0.285 e. The SMILES string of the molecule is CCN=C=NC(CCNC)NC.Cl.O=C1c2ccccc2C(=O)N1O. The zero-order valence-corrected chi connectivity index (χ0v) is 15.3. The summed E-state index contributed by atoms with van der Waals surface area (Å²) in [4.78, 5) is 30.1. The lowest BCUT2D eigenvalue weighted by Crippen LogP contribution is -2.26. The first-order valence-electron chi connectivity index (χ1n) is 7.66. The number of hydrogen-bond acceptors (Lipinski definition) is 7. The van der Waals surface area contributed by atoms with Gasteiger partial charge in [-0.2, -0.15) is 0 Å². The number of fused-ring (bicyclic) bond motifs is 1. The van der Waals surface area contributed by atoms with Gasteiger partial charge in [0.05, 0.1) is 17.1 Å². The van der Waals surface area contributed by atoms with Crippen molar-refractivity contribution in [2.45, 2.75) is 19.5 Å². The topological polar surface area (TPSA) is 106 Å². The van der Waals surface area contributed by atoms with E-state index in [-0.39, 0.29) is 34.8 Å². The highest BCUT2D eigenvalue weighted by atomic mass is 35.5. The van der Waals surface area contributed by atoms with Gasteiger partial charge in [-0.25, -0.2) is 9.98 Å². The van der Waals surface area contributed by atoms with E-state index < -0.39 is 11.8 Å². The number of carbonyl (C=O) groups excluding carboxylic acids is 2. The Morgan fingerprint density at radius 1 is 1.20 bits per heavy atom. The van der Waals surface area contributed by atoms with Crippen LogP contribution in [0.2, 0.25) is 0 Å². The second-order valence-corrected chi connectivity index (χ2v) is 4.87. The van der Waals surface area contributed by atoms with Crippen LogP contribution in [0.5, 0.6) is 0 Å². The minimum atomic E-state index is -0.657. The molecule has 138 valence electrons. The van der Waals surface area contributed by atoms with Crippen LogP contribution >= 0.6 is 12.4 Å². The van der Waals surface area contributed by atoms with Gasteiger partial charge in [-0.1, -0.05) is 12.1 Å². The number of imide groups is 1. The monoisotopic (exact) mass is 369 g/mol. The summed E-state index contributed by atoms with van der Waals surface area (Å²) in [5.74, 6) is -1.31. The largest absolute Gasteiger partial charge is 0.320 e. The van der Waals surface area contributed by atoms with Crippen LogP contribution in [0.1, 0.15) is 34.1 Å². The van der Waals surface area contributed by atoms with E-state index in [0.29, 0.717) is 0 Å². The Labute approximate surface area is 153 Å². The zero-order chi connectivity index (χ0) is 17.9. The van der Waals surface area contributed by atoms with Crippen molar-refractivity contribution >= 4 is 30.2 Å². The summed E-state index contributed by atoms with van der Waals surface area (Å²) in [5.41, 5.74) is 0.509. The quantitative estimate of drug-likeness (QED) is 0.399.